The second-order valence-electron chi connectivity index (χ2n) is 9.21. The highest BCUT2D eigenvalue weighted by Gasteiger charge is 2.46. The van der Waals surface area contributed by atoms with Crippen LogP contribution in [0.2, 0.25) is 0 Å². The van der Waals surface area contributed by atoms with Gasteiger partial charge in [0.05, 0.1) is 16.5 Å². The van der Waals surface area contributed by atoms with Crippen LogP contribution in [0, 0.1) is 0 Å². The van der Waals surface area contributed by atoms with Gasteiger partial charge in [-0.05, 0) is 42.0 Å². The summed E-state index contributed by atoms with van der Waals surface area (Å²) in [4.78, 5) is 32.2. The highest BCUT2D eigenvalue weighted by molar-refractivity contribution is 7.89. The van der Waals surface area contributed by atoms with E-state index < -0.39 is 33.3 Å². The second-order valence-corrected chi connectivity index (χ2v) is 11.1. The number of pyridine rings is 1. The molecule has 0 bridgehead atoms. The Balaban J connectivity index is 1.46. The van der Waals surface area contributed by atoms with E-state index in [1.165, 1.54) is 16.4 Å². The number of alkyl halides is 3. The van der Waals surface area contributed by atoms with Crippen molar-refractivity contribution in [1.82, 2.24) is 29.4 Å². The van der Waals surface area contributed by atoms with Crippen molar-refractivity contribution < 1.29 is 35.6 Å². The molecule has 0 saturated carbocycles. The van der Waals surface area contributed by atoms with Crippen LogP contribution >= 0.6 is 0 Å². The van der Waals surface area contributed by atoms with E-state index in [0.717, 1.165) is 0 Å². The van der Waals surface area contributed by atoms with E-state index in [1.54, 1.807) is 48.7 Å². The molecule has 17 heteroatoms. The van der Waals surface area contributed by atoms with Crippen LogP contribution in [0.4, 0.5) is 24.8 Å². The maximum atomic E-state index is 13.2. The minimum Gasteiger partial charge on any atom is -0.389 e. The average Bonchev–Trinajstić information content (AvgIpc) is 3.59. The van der Waals surface area contributed by atoms with Crippen LogP contribution < -0.4 is 15.9 Å². The van der Waals surface area contributed by atoms with Crippen molar-refractivity contribution in [1.29, 1.82) is 0 Å². The lowest BCUT2D eigenvalue weighted by Gasteiger charge is -2.38. The maximum Gasteiger partial charge on any atom is 0.493 e. The summed E-state index contributed by atoms with van der Waals surface area (Å²) in [6.45, 7) is -0.0511. The molecule has 0 aliphatic carbocycles. The van der Waals surface area contributed by atoms with Gasteiger partial charge in [-0.1, -0.05) is 29.4 Å². The third-order valence-electron chi connectivity index (χ3n) is 6.53. The number of aromatic nitrogens is 5. The van der Waals surface area contributed by atoms with E-state index in [4.69, 9.17) is 4.42 Å². The van der Waals surface area contributed by atoms with Gasteiger partial charge in [-0.15, -0.1) is 0 Å². The van der Waals surface area contributed by atoms with Crippen molar-refractivity contribution in [3.63, 3.8) is 0 Å². The molecule has 5 rings (SSSR count). The van der Waals surface area contributed by atoms with Crippen LogP contribution in [0.1, 0.15) is 24.4 Å². The van der Waals surface area contributed by atoms with Gasteiger partial charge in [-0.2, -0.15) is 22.6 Å². The van der Waals surface area contributed by atoms with Gasteiger partial charge >= 0.3 is 17.9 Å². The van der Waals surface area contributed by atoms with Gasteiger partial charge in [-0.25, -0.2) is 23.0 Å². The molecule has 1 aliphatic rings. The molecule has 216 valence electrons. The fourth-order valence-electron chi connectivity index (χ4n) is 4.49. The van der Waals surface area contributed by atoms with Crippen LogP contribution in [0.25, 0.3) is 0 Å². The fraction of sp³-hybridized carbons (Fsp3) is 0.292. The van der Waals surface area contributed by atoms with E-state index in [0.29, 0.717) is 17.3 Å². The number of rotatable bonds is 8. The minimum absolute atomic E-state index is 0.0256. The highest BCUT2D eigenvalue weighted by atomic mass is 32.2. The Hall–Kier alpha value is -4.51. The molecule has 13 nitrogen and oxygen atoms in total. The van der Waals surface area contributed by atoms with Crippen molar-refractivity contribution in [3.05, 3.63) is 82.9 Å². The SMILES string of the molecule is O=C(On1nc(C2(Cc3cccc(Nc4ccn[nH]4)n3)CCN(S(=O)(=O)c3ccccc3)CC2)oc1=O)C(F)(F)F. The van der Waals surface area contributed by atoms with Crippen LogP contribution in [0.3, 0.4) is 0 Å². The molecule has 0 atom stereocenters. The summed E-state index contributed by atoms with van der Waals surface area (Å²) in [5.74, 6) is -3.41. The number of hydrogen-bond acceptors (Lipinski definition) is 10. The molecule has 1 aliphatic heterocycles. The zero-order chi connectivity index (χ0) is 29.3. The largest absolute Gasteiger partial charge is 0.493 e. The summed E-state index contributed by atoms with van der Waals surface area (Å²) in [5.41, 5.74) is -0.699. The lowest BCUT2D eigenvalue weighted by atomic mass is 9.75. The normalized spacial score (nSPS) is 15.9. The summed E-state index contributed by atoms with van der Waals surface area (Å²) in [5, 5.41) is 13.4. The van der Waals surface area contributed by atoms with Crippen molar-refractivity contribution in [2.75, 3.05) is 18.4 Å². The smallest absolute Gasteiger partial charge is 0.389 e. The molecule has 4 heterocycles. The average molecular weight is 594 g/mol. The van der Waals surface area contributed by atoms with Crippen LogP contribution in [-0.2, 0) is 26.7 Å². The molecule has 2 N–H and O–H groups in total. The number of aromatic amines is 1. The monoisotopic (exact) mass is 593 g/mol. The number of nitrogens with one attached hydrogen (secondary N) is 2. The summed E-state index contributed by atoms with van der Waals surface area (Å²) in [7, 11) is -3.85. The van der Waals surface area contributed by atoms with Gasteiger partial charge in [0.25, 0.3) is 0 Å². The van der Waals surface area contributed by atoms with Crippen LogP contribution in [0.15, 0.2) is 74.9 Å². The molecular weight excluding hydrogens is 571 g/mol. The third-order valence-corrected chi connectivity index (χ3v) is 8.44. The molecule has 0 unspecified atom stereocenters. The second kappa shape index (κ2) is 10.8. The van der Waals surface area contributed by atoms with E-state index >= 15 is 0 Å². The Morgan fingerprint density at radius 2 is 1.83 bits per heavy atom. The molecule has 1 aromatic carbocycles. The Morgan fingerprint density at radius 3 is 2.49 bits per heavy atom. The summed E-state index contributed by atoms with van der Waals surface area (Å²) in [6.07, 6.45) is -3.64. The molecule has 4 aromatic rings. The van der Waals surface area contributed by atoms with Crippen molar-refractivity contribution >= 4 is 27.6 Å². The van der Waals surface area contributed by atoms with Crippen LogP contribution in [-0.4, -0.2) is 63.1 Å². The van der Waals surface area contributed by atoms with E-state index in [1.807, 2.05) is 0 Å². The van der Waals surface area contributed by atoms with Gasteiger partial charge < -0.3 is 14.6 Å². The number of benzene rings is 1. The molecule has 0 amide bonds. The molecule has 0 radical (unpaired) electrons. The Labute approximate surface area is 230 Å². The summed E-state index contributed by atoms with van der Waals surface area (Å²) < 4.78 is 71.0. The number of H-pyrrole nitrogens is 1. The highest BCUT2D eigenvalue weighted by Crippen LogP contribution is 2.39. The third kappa shape index (κ3) is 5.99. The first kappa shape index (κ1) is 28.0. The number of halogens is 3. The van der Waals surface area contributed by atoms with E-state index in [-0.39, 0.29) is 48.0 Å². The van der Waals surface area contributed by atoms with Gasteiger partial charge in [0.2, 0.25) is 15.9 Å². The lowest BCUT2D eigenvalue weighted by molar-refractivity contribution is -0.202. The number of sulfonamides is 1. The number of hydrogen-bond donors (Lipinski definition) is 2. The maximum absolute atomic E-state index is 13.2. The molecule has 0 spiro atoms. The standard InChI is InChI=1S/C24H22F3N7O6S/c25-24(26,27)21(35)40-34-22(36)39-20(32-34)23(15-16-5-4-8-18(29-16)30-19-9-12-28-31-19)10-13-33(14-11-23)41(37,38)17-6-2-1-3-7-17/h1-9,12H,10-11,13-15H2,(H2,28,29,30,31). The zero-order valence-electron chi connectivity index (χ0n) is 21.0. The van der Waals surface area contributed by atoms with Crippen molar-refractivity contribution in [3.8, 4) is 0 Å². The first-order chi connectivity index (χ1) is 19.5. The van der Waals surface area contributed by atoms with Crippen molar-refractivity contribution in [2.45, 2.75) is 35.7 Å². The van der Waals surface area contributed by atoms with Gasteiger partial charge in [0.1, 0.15) is 11.6 Å². The first-order valence-electron chi connectivity index (χ1n) is 12.1. The number of piperidine rings is 1. The Bertz CT molecular complexity index is 1680. The van der Waals surface area contributed by atoms with E-state index in [9.17, 15) is 31.2 Å². The fourth-order valence-corrected chi connectivity index (χ4v) is 5.95. The molecule has 1 saturated heterocycles. The number of carbonyl (C=O) groups excluding carboxylic acids is 1. The molecule has 1 fully saturated rings. The van der Waals surface area contributed by atoms with Crippen molar-refractivity contribution in [2.24, 2.45) is 0 Å². The molecule has 3 aromatic heterocycles. The number of anilines is 2. The minimum atomic E-state index is -5.38. The zero-order valence-corrected chi connectivity index (χ0v) is 21.9. The quantitative estimate of drug-likeness (QED) is 0.309. The predicted octanol–water partition coefficient (Wildman–Crippen LogP) is 2.18. The first-order valence-corrected chi connectivity index (χ1v) is 13.6. The predicted molar refractivity (Wildman–Crippen MR) is 134 cm³/mol. The summed E-state index contributed by atoms with van der Waals surface area (Å²) >= 11 is 0. The number of nitrogens with zero attached hydrogens (tertiary/aromatic N) is 5. The van der Waals surface area contributed by atoms with Gasteiger partial charge in [0.15, 0.2) is 0 Å². The topological polar surface area (TPSA) is 165 Å². The Morgan fingerprint density at radius 1 is 1.10 bits per heavy atom. The number of carbonyl (C=O) groups is 1. The lowest BCUT2D eigenvalue weighted by Crippen LogP contribution is -2.46. The van der Waals surface area contributed by atoms with E-state index in [2.05, 4.69) is 30.4 Å². The molecule has 41 heavy (non-hydrogen) atoms. The van der Waals surface area contributed by atoms with Gasteiger partial charge in [-0.3, -0.25) is 5.10 Å². The van der Waals surface area contributed by atoms with Crippen LogP contribution in [0.5, 0.6) is 0 Å². The van der Waals surface area contributed by atoms with Gasteiger partial charge in [0, 0.05) is 31.3 Å². The Kier molecular flexibility index (Phi) is 7.39. The molecular formula is C24H22F3N7O6S. The summed E-state index contributed by atoms with van der Waals surface area (Å²) in [6, 6.07) is 14.6.